The van der Waals surface area contributed by atoms with Crippen LogP contribution in [0.2, 0.25) is 5.02 Å². The molecule has 0 unspecified atom stereocenters. The van der Waals surface area contributed by atoms with Crippen LogP contribution in [-0.4, -0.2) is 19.0 Å². The predicted octanol–water partition coefficient (Wildman–Crippen LogP) is 4.68. The highest BCUT2D eigenvalue weighted by Crippen LogP contribution is 2.31. The van der Waals surface area contributed by atoms with Crippen LogP contribution in [0.5, 0.6) is 11.5 Å². The monoisotopic (exact) mass is 369 g/mol. The van der Waals surface area contributed by atoms with E-state index in [1.165, 1.54) is 19.1 Å². The van der Waals surface area contributed by atoms with Crippen molar-refractivity contribution in [2.75, 3.05) is 12.4 Å². The lowest BCUT2D eigenvalue weighted by Crippen LogP contribution is -2.15. The van der Waals surface area contributed by atoms with E-state index in [2.05, 4.69) is 5.32 Å². The van der Waals surface area contributed by atoms with Gasteiger partial charge in [0.2, 0.25) is 0 Å². The Hall–Kier alpha value is -3.05. The summed E-state index contributed by atoms with van der Waals surface area (Å²) in [5, 5.41) is 5.03. The molecular weight excluding hydrogens is 354 g/mol. The van der Waals surface area contributed by atoms with Crippen molar-refractivity contribution in [3.05, 3.63) is 65.2 Å². The Morgan fingerprint density at radius 3 is 2.50 bits per heavy atom. The molecule has 0 aliphatic rings. The molecule has 26 heavy (non-hydrogen) atoms. The second-order valence-corrected chi connectivity index (χ2v) is 6.02. The van der Waals surface area contributed by atoms with Crippen molar-refractivity contribution in [2.45, 2.75) is 6.92 Å². The number of rotatable bonds is 4. The molecule has 0 aliphatic carbocycles. The molecule has 0 saturated carbocycles. The van der Waals surface area contributed by atoms with Crippen molar-refractivity contribution in [2.24, 2.45) is 0 Å². The van der Waals surface area contributed by atoms with Gasteiger partial charge in [-0.25, -0.2) is 0 Å². The molecule has 0 heterocycles. The summed E-state index contributed by atoms with van der Waals surface area (Å²) >= 11 is 5.99. The molecule has 0 aromatic heterocycles. The number of esters is 1. The number of carbonyl (C=O) groups is 2. The fraction of sp³-hybridized carbons (Fsp3) is 0.100. The zero-order chi connectivity index (χ0) is 18.7. The molecule has 3 rings (SSSR count). The number of hydrogen-bond donors (Lipinski definition) is 1. The van der Waals surface area contributed by atoms with E-state index in [1.54, 1.807) is 19.2 Å². The molecule has 0 radical (unpaired) electrons. The number of benzene rings is 3. The van der Waals surface area contributed by atoms with E-state index in [0.29, 0.717) is 16.5 Å². The topological polar surface area (TPSA) is 64.6 Å². The molecule has 1 amide bonds. The van der Waals surface area contributed by atoms with Gasteiger partial charge >= 0.3 is 5.97 Å². The third kappa shape index (κ3) is 3.78. The van der Waals surface area contributed by atoms with Crippen molar-refractivity contribution in [1.82, 2.24) is 0 Å². The van der Waals surface area contributed by atoms with Crippen LogP contribution in [0.4, 0.5) is 5.69 Å². The Balaban J connectivity index is 1.97. The number of ether oxygens (including phenoxy) is 2. The molecule has 6 heteroatoms. The van der Waals surface area contributed by atoms with Gasteiger partial charge in [-0.1, -0.05) is 35.9 Å². The van der Waals surface area contributed by atoms with E-state index in [9.17, 15) is 9.59 Å². The molecule has 1 N–H and O–H groups in total. The van der Waals surface area contributed by atoms with Gasteiger partial charge in [-0.05, 0) is 29.7 Å². The van der Waals surface area contributed by atoms with Crippen LogP contribution >= 0.6 is 11.6 Å². The van der Waals surface area contributed by atoms with E-state index in [0.717, 1.165) is 10.8 Å². The zero-order valence-corrected chi connectivity index (χ0v) is 15.0. The van der Waals surface area contributed by atoms with Gasteiger partial charge in [0.25, 0.3) is 5.91 Å². The minimum Gasteiger partial charge on any atom is -0.496 e. The van der Waals surface area contributed by atoms with Crippen LogP contribution in [0.3, 0.4) is 0 Å². The van der Waals surface area contributed by atoms with Crippen LogP contribution in [0, 0.1) is 0 Å². The minimum absolute atomic E-state index is 0.146. The molecule has 3 aromatic carbocycles. The molecule has 0 spiro atoms. The summed E-state index contributed by atoms with van der Waals surface area (Å²) in [6.07, 6.45) is 0. The number of methoxy groups -OCH3 is 1. The van der Waals surface area contributed by atoms with Crippen LogP contribution < -0.4 is 14.8 Å². The minimum atomic E-state index is -0.520. The fourth-order valence-electron chi connectivity index (χ4n) is 2.64. The van der Waals surface area contributed by atoms with Gasteiger partial charge < -0.3 is 14.8 Å². The zero-order valence-electron chi connectivity index (χ0n) is 14.2. The van der Waals surface area contributed by atoms with Gasteiger partial charge in [0, 0.05) is 29.1 Å². The third-order valence-corrected chi connectivity index (χ3v) is 3.98. The fourth-order valence-corrected chi connectivity index (χ4v) is 2.81. The number of nitrogens with one attached hydrogen (secondary N) is 1. The highest BCUT2D eigenvalue weighted by atomic mass is 35.5. The Kier molecular flexibility index (Phi) is 5.09. The Bertz CT molecular complexity index is 1000. The second kappa shape index (κ2) is 7.45. The summed E-state index contributed by atoms with van der Waals surface area (Å²) in [5.74, 6) is -0.174. The van der Waals surface area contributed by atoms with Crippen molar-refractivity contribution < 1.29 is 19.1 Å². The molecule has 5 nitrogen and oxygen atoms in total. The molecule has 0 fully saturated rings. The van der Waals surface area contributed by atoms with Gasteiger partial charge in [0.15, 0.2) is 0 Å². The average molecular weight is 370 g/mol. The first-order chi connectivity index (χ1) is 12.5. The molecule has 0 aliphatic heterocycles. The summed E-state index contributed by atoms with van der Waals surface area (Å²) in [6, 6.07) is 15.8. The van der Waals surface area contributed by atoms with Crippen LogP contribution in [0.1, 0.15) is 17.3 Å². The molecule has 0 bridgehead atoms. The van der Waals surface area contributed by atoms with Crippen molar-refractivity contribution >= 4 is 39.9 Å². The van der Waals surface area contributed by atoms with Crippen LogP contribution in [0.15, 0.2) is 54.6 Å². The standard InChI is InChI=1S/C20H16ClNO4/c1-12(23)26-18-8-7-14(21)10-17(18)20(24)22-15-9-13-5-3-4-6-16(13)19(11-15)25-2/h3-11H,1-2H3,(H,22,24). The van der Waals surface area contributed by atoms with E-state index >= 15 is 0 Å². The smallest absolute Gasteiger partial charge is 0.308 e. The molecule has 0 saturated heterocycles. The average Bonchev–Trinajstić information content (AvgIpc) is 2.62. The molecule has 3 aromatic rings. The van der Waals surface area contributed by atoms with E-state index in [-0.39, 0.29) is 11.3 Å². The maximum absolute atomic E-state index is 12.7. The van der Waals surface area contributed by atoms with E-state index in [1.807, 2.05) is 30.3 Å². The number of carbonyl (C=O) groups excluding carboxylic acids is 2. The van der Waals surface area contributed by atoms with Crippen LogP contribution in [-0.2, 0) is 4.79 Å². The van der Waals surface area contributed by atoms with Gasteiger partial charge in [0.05, 0.1) is 12.7 Å². The van der Waals surface area contributed by atoms with Gasteiger partial charge in [-0.3, -0.25) is 9.59 Å². The summed E-state index contributed by atoms with van der Waals surface area (Å²) in [4.78, 5) is 24.0. The highest BCUT2D eigenvalue weighted by Gasteiger charge is 2.16. The summed E-state index contributed by atoms with van der Waals surface area (Å²) in [5.41, 5.74) is 0.721. The first-order valence-electron chi connectivity index (χ1n) is 7.84. The predicted molar refractivity (Wildman–Crippen MR) is 101 cm³/mol. The molecule has 132 valence electrons. The SMILES string of the molecule is COc1cc(NC(=O)c2cc(Cl)ccc2OC(C)=O)cc2ccccc12. The van der Waals surface area contributed by atoms with Crippen LogP contribution in [0.25, 0.3) is 10.8 Å². The number of halogens is 1. The van der Waals surface area contributed by atoms with E-state index < -0.39 is 11.9 Å². The van der Waals surface area contributed by atoms with Gasteiger partial charge in [-0.15, -0.1) is 0 Å². The normalized spacial score (nSPS) is 10.4. The third-order valence-electron chi connectivity index (χ3n) is 3.74. The molecule has 0 atom stereocenters. The Labute approximate surface area is 155 Å². The summed E-state index contributed by atoms with van der Waals surface area (Å²) < 4.78 is 10.5. The van der Waals surface area contributed by atoms with Crippen molar-refractivity contribution in [1.29, 1.82) is 0 Å². The Morgan fingerprint density at radius 2 is 1.77 bits per heavy atom. The maximum atomic E-state index is 12.7. The first-order valence-corrected chi connectivity index (χ1v) is 8.22. The largest absolute Gasteiger partial charge is 0.496 e. The number of anilines is 1. The quantitative estimate of drug-likeness (QED) is 0.535. The lowest BCUT2D eigenvalue weighted by molar-refractivity contribution is -0.131. The summed E-state index contributed by atoms with van der Waals surface area (Å²) in [6.45, 7) is 1.27. The number of fused-ring (bicyclic) bond motifs is 1. The second-order valence-electron chi connectivity index (χ2n) is 5.59. The number of hydrogen-bond acceptors (Lipinski definition) is 4. The maximum Gasteiger partial charge on any atom is 0.308 e. The lowest BCUT2D eigenvalue weighted by atomic mass is 10.1. The first kappa shape index (κ1) is 17.8. The van der Waals surface area contributed by atoms with Crippen molar-refractivity contribution in [3.8, 4) is 11.5 Å². The lowest BCUT2D eigenvalue weighted by Gasteiger charge is -2.12. The van der Waals surface area contributed by atoms with Gasteiger partial charge in [-0.2, -0.15) is 0 Å². The van der Waals surface area contributed by atoms with Gasteiger partial charge in [0.1, 0.15) is 11.5 Å². The Morgan fingerprint density at radius 1 is 1.00 bits per heavy atom. The van der Waals surface area contributed by atoms with E-state index in [4.69, 9.17) is 21.1 Å². The van der Waals surface area contributed by atoms with Crippen molar-refractivity contribution in [3.63, 3.8) is 0 Å². The number of amides is 1. The summed E-state index contributed by atoms with van der Waals surface area (Å²) in [7, 11) is 1.57. The highest BCUT2D eigenvalue weighted by molar-refractivity contribution is 6.31. The molecular formula is C20H16ClNO4.